The van der Waals surface area contributed by atoms with E-state index in [-0.39, 0.29) is 6.61 Å². The smallest absolute Gasteiger partial charge is 0.229 e. The van der Waals surface area contributed by atoms with Crippen LogP contribution in [-0.4, -0.2) is 65.9 Å². The number of hydrogen-bond donors (Lipinski definition) is 3. The van der Waals surface area contributed by atoms with Gasteiger partial charge in [-0.25, -0.2) is 4.98 Å². The number of rotatable bonds is 9. The molecule has 2 aromatic carbocycles. The lowest BCUT2D eigenvalue weighted by molar-refractivity contribution is 0.282. The maximum atomic E-state index is 9.40. The number of ether oxygens (including phenoxy) is 1. The highest BCUT2D eigenvalue weighted by Gasteiger charge is 2.14. The van der Waals surface area contributed by atoms with Crippen LogP contribution in [0.25, 0.3) is 16.7 Å². The van der Waals surface area contributed by atoms with Crippen molar-refractivity contribution in [2.75, 3.05) is 57.3 Å². The Kier molecular flexibility index (Phi) is 6.85. The number of nitrogens with zero attached hydrogens (tertiary/aromatic N) is 5. The molecule has 0 saturated carbocycles. The number of fused-ring (bicyclic) bond motifs is 1. The molecule has 4 aromatic rings. The highest BCUT2D eigenvalue weighted by atomic mass is 16.5. The quantitative estimate of drug-likeness (QED) is 0.326. The van der Waals surface area contributed by atoms with E-state index in [1.54, 1.807) is 13.3 Å². The molecule has 2 aromatic heterocycles. The molecule has 9 heteroatoms. The van der Waals surface area contributed by atoms with Crippen molar-refractivity contribution in [3.8, 4) is 11.6 Å². The number of likely N-dealkylation sites (N-methyl/N-ethyl adjacent to an activating group) is 2. The summed E-state index contributed by atoms with van der Waals surface area (Å²) >= 11 is 0. The summed E-state index contributed by atoms with van der Waals surface area (Å²) < 4.78 is 7.62. The first-order valence-electron chi connectivity index (χ1n) is 11.0. The summed E-state index contributed by atoms with van der Waals surface area (Å²) in [5, 5.41) is 13.7. The Balaban J connectivity index is 1.61. The van der Waals surface area contributed by atoms with Gasteiger partial charge in [0.15, 0.2) is 0 Å². The fourth-order valence-electron chi connectivity index (χ4n) is 3.81. The van der Waals surface area contributed by atoms with Crippen molar-refractivity contribution in [1.82, 2.24) is 19.4 Å². The van der Waals surface area contributed by atoms with Gasteiger partial charge in [0.25, 0.3) is 0 Å². The second kappa shape index (κ2) is 9.98. The minimum atomic E-state index is 0.0118. The summed E-state index contributed by atoms with van der Waals surface area (Å²) in [5.41, 5.74) is 10.5. The number of benzene rings is 2. The molecule has 2 heterocycles. The molecule has 4 N–H and O–H groups in total. The molecule has 0 unspecified atom stereocenters. The Bertz CT molecular complexity index is 1290. The third-order valence-corrected chi connectivity index (χ3v) is 5.71. The van der Waals surface area contributed by atoms with Crippen molar-refractivity contribution in [2.24, 2.45) is 0 Å². The average Bonchev–Trinajstić information content (AvgIpc) is 3.26. The molecule has 0 spiro atoms. The number of hydrogen-bond acceptors (Lipinski definition) is 8. The third kappa shape index (κ3) is 4.90. The molecule has 0 bridgehead atoms. The Hall–Kier alpha value is -3.82. The molecule has 9 nitrogen and oxygen atoms in total. The number of nitrogens with two attached hydrogens (primary N) is 1. The van der Waals surface area contributed by atoms with Crippen molar-refractivity contribution in [3.63, 3.8) is 0 Å². The van der Waals surface area contributed by atoms with E-state index < -0.39 is 0 Å². The highest BCUT2D eigenvalue weighted by Crippen LogP contribution is 2.36. The zero-order valence-electron chi connectivity index (χ0n) is 20.0. The topological polar surface area (TPSA) is 105 Å². The molecule has 0 aliphatic carbocycles. The first-order valence-corrected chi connectivity index (χ1v) is 11.0. The molecule has 0 radical (unpaired) electrons. The van der Waals surface area contributed by atoms with E-state index in [0.717, 1.165) is 41.1 Å². The van der Waals surface area contributed by atoms with Gasteiger partial charge < -0.3 is 35.3 Å². The zero-order valence-corrected chi connectivity index (χ0v) is 20.0. The predicted octanol–water partition coefficient (Wildman–Crippen LogP) is 3.25. The lowest BCUT2D eigenvalue weighted by atomic mass is 10.2. The van der Waals surface area contributed by atoms with Crippen LogP contribution >= 0.6 is 0 Å². The van der Waals surface area contributed by atoms with Crippen molar-refractivity contribution in [1.29, 1.82) is 0 Å². The zero-order chi connectivity index (χ0) is 24.2. The van der Waals surface area contributed by atoms with Crippen LogP contribution < -0.4 is 20.7 Å². The van der Waals surface area contributed by atoms with E-state index in [1.165, 1.54) is 0 Å². The standard InChI is InChI=1S/C25H31N7O2/c1-30(2)11-12-31(3)22-15-23(34-4)20(14-19(22)26)28-25-27-9-7-24(29-25)32-10-8-18-13-17(16-33)5-6-21(18)32/h5-10,13-15,33H,11-12,16,26H2,1-4H3,(H,27,28,29). The predicted molar refractivity (Wildman–Crippen MR) is 137 cm³/mol. The molecule has 0 atom stereocenters. The molecular formula is C25H31N7O2. The van der Waals surface area contributed by atoms with Gasteiger partial charge in [-0.15, -0.1) is 0 Å². The monoisotopic (exact) mass is 461 g/mol. The van der Waals surface area contributed by atoms with Gasteiger partial charge in [0, 0.05) is 44.0 Å². The number of methoxy groups -OCH3 is 1. The number of nitrogens with one attached hydrogen (secondary N) is 1. The summed E-state index contributed by atoms with van der Waals surface area (Å²) in [4.78, 5) is 13.3. The molecule has 34 heavy (non-hydrogen) atoms. The third-order valence-electron chi connectivity index (χ3n) is 5.71. The fourth-order valence-corrected chi connectivity index (χ4v) is 3.81. The largest absolute Gasteiger partial charge is 0.494 e. The second-order valence-corrected chi connectivity index (χ2v) is 8.44. The lowest BCUT2D eigenvalue weighted by Gasteiger charge is -2.24. The van der Waals surface area contributed by atoms with Crippen LogP contribution in [0.4, 0.5) is 23.0 Å². The van der Waals surface area contributed by atoms with E-state index in [4.69, 9.17) is 15.5 Å². The minimum absolute atomic E-state index is 0.0118. The van der Waals surface area contributed by atoms with E-state index in [9.17, 15) is 5.11 Å². The van der Waals surface area contributed by atoms with Crippen molar-refractivity contribution < 1.29 is 9.84 Å². The number of nitrogen functional groups attached to an aromatic ring is 1. The van der Waals surface area contributed by atoms with Crippen LogP contribution in [0, 0.1) is 0 Å². The maximum absolute atomic E-state index is 9.40. The minimum Gasteiger partial charge on any atom is -0.494 e. The van der Waals surface area contributed by atoms with Crippen LogP contribution in [0.1, 0.15) is 5.56 Å². The first kappa shape index (κ1) is 23.3. The van der Waals surface area contributed by atoms with E-state index in [2.05, 4.69) is 20.1 Å². The van der Waals surface area contributed by atoms with Crippen LogP contribution in [0.3, 0.4) is 0 Å². The van der Waals surface area contributed by atoms with Gasteiger partial charge in [0.1, 0.15) is 11.6 Å². The maximum Gasteiger partial charge on any atom is 0.229 e. The molecule has 0 fully saturated rings. The van der Waals surface area contributed by atoms with E-state index >= 15 is 0 Å². The molecule has 0 amide bonds. The van der Waals surface area contributed by atoms with Gasteiger partial charge >= 0.3 is 0 Å². The van der Waals surface area contributed by atoms with E-state index in [0.29, 0.717) is 23.1 Å². The summed E-state index contributed by atoms with van der Waals surface area (Å²) in [6.45, 7) is 1.76. The van der Waals surface area contributed by atoms with Gasteiger partial charge in [-0.3, -0.25) is 0 Å². The Morgan fingerprint density at radius 2 is 1.91 bits per heavy atom. The van der Waals surface area contributed by atoms with Crippen molar-refractivity contribution in [3.05, 3.63) is 60.4 Å². The van der Waals surface area contributed by atoms with Crippen LogP contribution in [0.5, 0.6) is 5.75 Å². The van der Waals surface area contributed by atoms with Crippen LogP contribution in [0.2, 0.25) is 0 Å². The number of aliphatic hydroxyl groups excluding tert-OH is 1. The van der Waals surface area contributed by atoms with Crippen LogP contribution in [-0.2, 0) is 6.61 Å². The highest BCUT2D eigenvalue weighted by molar-refractivity contribution is 5.82. The molecule has 4 rings (SSSR count). The van der Waals surface area contributed by atoms with E-state index in [1.807, 2.05) is 74.4 Å². The fraction of sp³-hybridized carbons (Fsp3) is 0.280. The summed E-state index contributed by atoms with van der Waals surface area (Å²) in [6.07, 6.45) is 3.66. The Labute approximate surface area is 199 Å². The summed E-state index contributed by atoms with van der Waals surface area (Å²) in [7, 11) is 7.73. The van der Waals surface area contributed by atoms with Crippen molar-refractivity contribution >= 4 is 33.9 Å². The normalized spacial score (nSPS) is 11.2. The Morgan fingerprint density at radius 3 is 2.65 bits per heavy atom. The molecule has 178 valence electrons. The molecule has 0 aliphatic heterocycles. The summed E-state index contributed by atoms with van der Waals surface area (Å²) in [6, 6.07) is 13.5. The van der Waals surface area contributed by atoms with Gasteiger partial charge in [0.2, 0.25) is 5.95 Å². The number of anilines is 4. The van der Waals surface area contributed by atoms with Gasteiger partial charge in [-0.1, -0.05) is 6.07 Å². The second-order valence-electron chi connectivity index (χ2n) is 8.44. The molecule has 0 saturated heterocycles. The number of aromatic nitrogens is 3. The van der Waals surface area contributed by atoms with Crippen LogP contribution in [0.15, 0.2) is 54.9 Å². The lowest BCUT2D eigenvalue weighted by Crippen LogP contribution is -2.29. The van der Waals surface area contributed by atoms with Gasteiger partial charge in [0.05, 0.1) is 36.3 Å². The first-order chi connectivity index (χ1) is 16.4. The summed E-state index contributed by atoms with van der Waals surface area (Å²) in [5.74, 6) is 1.80. The van der Waals surface area contributed by atoms with Gasteiger partial charge in [-0.05, 0) is 50.0 Å². The number of aliphatic hydroxyl groups is 1. The SMILES string of the molecule is COc1cc(N(C)CCN(C)C)c(N)cc1Nc1nccc(-n2ccc3cc(CO)ccc32)n1. The Morgan fingerprint density at radius 1 is 1.09 bits per heavy atom. The molecule has 0 aliphatic rings. The van der Waals surface area contributed by atoms with Gasteiger partial charge in [-0.2, -0.15) is 4.98 Å². The van der Waals surface area contributed by atoms with Crippen molar-refractivity contribution in [2.45, 2.75) is 6.61 Å². The molecular weight excluding hydrogens is 430 g/mol. The average molecular weight is 462 g/mol.